The van der Waals surface area contributed by atoms with E-state index in [0.717, 1.165) is 21.3 Å². The van der Waals surface area contributed by atoms with Gasteiger partial charge in [-0.1, -0.05) is 15.9 Å². The summed E-state index contributed by atoms with van der Waals surface area (Å²) in [5.41, 5.74) is 0.256. The first-order chi connectivity index (χ1) is 8.08. The molecule has 0 bridgehead atoms. The van der Waals surface area contributed by atoms with Gasteiger partial charge in [-0.15, -0.1) is 0 Å². The molecule has 0 amide bonds. The molecule has 0 aliphatic rings. The number of carboxylic acid groups (broad SMARTS) is 1. The van der Waals surface area contributed by atoms with E-state index in [0.29, 0.717) is 10.9 Å². The van der Waals surface area contributed by atoms with Gasteiger partial charge in [-0.3, -0.25) is 9.36 Å². The summed E-state index contributed by atoms with van der Waals surface area (Å²) < 4.78 is 1.90. The minimum atomic E-state index is -1.12. The molecule has 17 heavy (non-hydrogen) atoms. The smallest absolute Gasteiger partial charge is 0.329 e. The maximum atomic E-state index is 12.0. The molecule has 0 spiro atoms. The maximum absolute atomic E-state index is 12.0. The normalized spacial score (nSPS) is 11.1. The van der Waals surface area contributed by atoms with Crippen LogP contribution in [0, 0.1) is 0 Å². The van der Waals surface area contributed by atoms with Crippen molar-refractivity contribution in [1.29, 1.82) is 0 Å². The Morgan fingerprint density at radius 3 is 2.94 bits per heavy atom. The van der Waals surface area contributed by atoms with Gasteiger partial charge in [0, 0.05) is 16.7 Å². The third-order valence-electron chi connectivity index (χ3n) is 2.12. The fourth-order valence-corrected chi connectivity index (χ4v) is 1.72. The molecule has 0 saturated carbocycles. The lowest BCUT2D eigenvalue weighted by Gasteiger charge is -2.01. The van der Waals surface area contributed by atoms with Crippen molar-refractivity contribution in [2.24, 2.45) is 0 Å². The van der Waals surface area contributed by atoms with E-state index in [4.69, 9.17) is 5.11 Å². The van der Waals surface area contributed by atoms with Crippen molar-refractivity contribution in [1.82, 2.24) is 9.55 Å². The maximum Gasteiger partial charge on any atom is 0.329 e. The first-order valence-electron chi connectivity index (χ1n) is 4.65. The van der Waals surface area contributed by atoms with E-state index in [-0.39, 0.29) is 5.56 Å². The predicted octanol–water partition coefficient (Wildman–Crippen LogP) is 1.71. The number of hydrogen-bond acceptors (Lipinski definition) is 3. The molecule has 0 aliphatic heterocycles. The average Bonchev–Trinajstić information content (AvgIpc) is 2.29. The second-order valence-corrected chi connectivity index (χ2v) is 4.19. The average molecular weight is 295 g/mol. The van der Waals surface area contributed by atoms with Crippen LogP contribution < -0.4 is 5.56 Å². The number of benzene rings is 1. The third kappa shape index (κ3) is 2.42. The molecular weight excluding hydrogens is 288 g/mol. The van der Waals surface area contributed by atoms with Gasteiger partial charge in [-0.25, -0.2) is 9.78 Å². The molecule has 6 heteroatoms. The lowest BCUT2D eigenvalue weighted by Crippen LogP contribution is -2.16. The summed E-state index contributed by atoms with van der Waals surface area (Å²) in [6, 6.07) is 5.15. The Hall–Kier alpha value is -1.95. The molecular formula is C11H7BrN2O3. The monoisotopic (exact) mass is 294 g/mol. The summed E-state index contributed by atoms with van der Waals surface area (Å²) in [5.74, 6) is -1.12. The largest absolute Gasteiger partial charge is 0.478 e. The van der Waals surface area contributed by atoms with Crippen molar-refractivity contribution >= 4 is 39.0 Å². The van der Waals surface area contributed by atoms with Gasteiger partial charge in [0.15, 0.2) is 0 Å². The summed E-state index contributed by atoms with van der Waals surface area (Å²) in [7, 11) is 0. The Morgan fingerprint density at radius 2 is 2.24 bits per heavy atom. The number of rotatable bonds is 2. The van der Waals surface area contributed by atoms with Crippen LogP contribution in [0.5, 0.6) is 0 Å². The predicted molar refractivity (Wildman–Crippen MR) is 66.7 cm³/mol. The number of halogens is 1. The van der Waals surface area contributed by atoms with Crippen molar-refractivity contribution in [3.05, 3.63) is 45.4 Å². The van der Waals surface area contributed by atoms with Gasteiger partial charge in [-0.2, -0.15) is 0 Å². The molecule has 0 radical (unpaired) electrons. The molecule has 2 rings (SSSR count). The first-order valence-corrected chi connectivity index (χ1v) is 5.45. The zero-order valence-corrected chi connectivity index (χ0v) is 10.1. The molecule has 0 aliphatic carbocycles. The fourth-order valence-electron chi connectivity index (χ4n) is 1.36. The molecule has 1 aromatic heterocycles. The molecule has 1 aromatic carbocycles. The van der Waals surface area contributed by atoms with Gasteiger partial charge in [0.05, 0.1) is 10.9 Å². The van der Waals surface area contributed by atoms with E-state index in [9.17, 15) is 9.59 Å². The van der Waals surface area contributed by atoms with Crippen LogP contribution in [0.15, 0.2) is 39.9 Å². The second-order valence-electron chi connectivity index (χ2n) is 3.27. The highest BCUT2D eigenvalue weighted by molar-refractivity contribution is 9.10. The highest BCUT2D eigenvalue weighted by atomic mass is 79.9. The third-order valence-corrected chi connectivity index (χ3v) is 2.62. The van der Waals surface area contributed by atoms with Crippen molar-refractivity contribution < 1.29 is 9.90 Å². The van der Waals surface area contributed by atoms with Crippen LogP contribution in [0.1, 0.15) is 0 Å². The number of carboxylic acids is 1. The van der Waals surface area contributed by atoms with Crippen LogP contribution in [0.2, 0.25) is 0 Å². The zero-order valence-electron chi connectivity index (χ0n) is 8.50. The first kappa shape index (κ1) is 11.5. The topological polar surface area (TPSA) is 72.2 Å². The molecule has 5 nitrogen and oxygen atoms in total. The van der Waals surface area contributed by atoms with Crippen molar-refractivity contribution in [3.63, 3.8) is 0 Å². The Bertz CT molecular complexity index is 676. The van der Waals surface area contributed by atoms with E-state index in [1.54, 1.807) is 18.2 Å². The minimum Gasteiger partial charge on any atom is -0.478 e. The number of nitrogens with zero attached hydrogens (tertiary/aromatic N) is 2. The van der Waals surface area contributed by atoms with Crippen molar-refractivity contribution in [3.8, 4) is 0 Å². The van der Waals surface area contributed by atoms with Crippen molar-refractivity contribution in [2.75, 3.05) is 0 Å². The van der Waals surface area contributed by atoms with E-state index < -0.39 is 5.97 Å². The molecule has 0 saturated heterocycles. The van der Waals surface area contributed by atoms with E-state index in [1.165, 1.54) is 6.33 Å². The van der Waals surface area contributed by atoms with Gasteiger partial charge in [-0.05, 0) is 18.2 Å². The van der Waals surface area contributed by atoms with Crippen LogP contribution in [-0.4, -0.2) is 20.6 Å². The van der Waals surface area contributed by atoms with Gasteiger partial charge >= 0.3 is 5.97 Å². The summed E-state index contributed by atoms with van der Waals surface area (Å²) in [5, 5.41) is 8.92. The molecule has 0 atom stereocenters. The number of carbonyl (C=O) groups is 1. The van der Waals surface area contributed by atoms with Crippen LogP contribution in [0.4, 0.5) is 0 Å². The Kier molecular flexibility index (Phi) is 3.06. The van der Waals surface area contributed by atoms with E-state index >= 15 is 0 Å². The number of aromatic nitrogens is 2. The lowest BCUT2D eigenvalue weighted by atomic mass is 10.2. The molecule has 2 aromatic rings. The minimum absolute atomic E-state index is 0.311. The number of aliphatic carboxylic acids is 1. The highest BCUT2D eigenvalue weighted by Gasteiger charge is 2.02. The number of hydrogen-bond donors (Lipinski definition) is 1. The quantitative estimate of drug-likeness (QED) is 0.856. The Balaban J connectivity index is 2.65. The Morgan fingerprint density at radius 1 is 1.47 bits per heavy atom. The Labute approximate surface area is 104 Å². The second kappa shape index (κ2) is 4.50. The SMILES string of the molecule is O=C(O)C=Cn1cnc2ccc(Br)cc2c1=O. The van der Waals surface area contributed by atoms with Crippen LogP contribution in [0.3, 0.4) is 0 Å². The molecule has 1 heterocycles. The fraction of sp³-hybridized carbons (Fsp3) is 0. The molecule has 0 unspecified atom stereocenters. The van der Waals surface area contributed by atoms with Gasteiger partial charge in [0.25, 0.3) is 5.56 Å². The summed E-state index contributed by atoms with van der Waals surface area (Å²) >= 11 is 3.27. The van der Waals surface area contributed by atoms with Gasteiger partial charge in [0.1, 0.15) is 6.33 Å². The van der Waals surface area contributed by atoms with Crippen molar-refractivity contribution in [2.45, 2.75) is 0 Å². The summed E-state index contributed by atoms with van der Waals surface area (Å²) in [4.78, 5) is 26.4. The molecule has 0 fully saturated rings. The lowest BCUT2D eigenvalue weighted by molar-refractivity contribution is -0.131. The standard InChI is InChI=1S/C11H7BrN2O3/c12-7-1-2-9-8(5-7)11(17)14(6-13-9)4-3-10(15)16/h1-6H,(H,15,16). The highest BCUT2D eigenvalue weighted by Crippen LogP contribution is 2.14. The van der Waals surface area contributed by atoms with Crippen LogP contribution in [-0.2, 0) is 4.79 Å². The van der Waals surface area contributed by atoms with E-state index in [1.807, 2.05) is 0 Å². The zero-order chi connectivity index (χ0) is 12.4. The van der Waals surface area contributed by atoms with Gasteiger partial charge < -0.3 is 5.11 Å². The summed E-state index contributed by atoms with van der Waals surface area (Å²) in [6.07, 6.45) is 3.34. The molecule has 1 N–H and O–H groups in total. The number of fused-ring (bicyclic) bond motifs is 1. The van der Waals surface area contributed by atoms with Gasteiger partial charge in [0.2, 0.25) is 0 Å². The van der Waals surface area contributed by atoms with E-state index in [2.05, 4.69) is 20.9 Å². The molecule has 86 valence electrons. The van der Waals surface area contributed by atoms with Crippen LogP contribution in [0.25, 0.3) is 17.1 Å². The summed E-state index contributed by atoms with van der Waals surface area (Å²) in [6.45, 7) is 0. The van der Waals surface area contributed by atoms with Crippen LogP contribution >= 0.6 is 15.9 Å².